The van der Waals surface area contributed by atoms with Gasteiger partial charge in [-0.2, -0.15) is 0 Å². The van der Waals surface area contributed by atoms with E-state index >= 15 is 0 Å². The number of anilines is 2. The third-order valence-corrected chi connectivity index (χ3v) is 4.32. The van der Waals surface area contributed by atoms with Crippen LogP contribution in [0.15, 0.2) is 47.1 Å². The average molecular weight is 360 g/mol. The van der Waals surface area contributed by atoms with Crippen molar-refractivity contribution in [1.29, 1.82) is 0 Å². The standard InChI is InChI=1S/C17H18BrN3O/c18-14-5-7-15(8-6-14)20-17(22)13-4-9-16(19-12-13)21-10-2-1-3-11-21/h4-9,12H,1-3,10-11H2,(H,20,22). The molecule has 0 saturated carbocycles. The van der Waals surface area contributed by atoms with Crippen LogP contribution in [0.25, 0.3) is 0 Å². The molecule has 1 N–H and O–H groups in total. The van der Waals surface area contributed by atoms with E-state index in [1.165, 1.54) is 19.3 Å². The van der Waals surface area contributed by atoms with E-state index in [0.717, 1.165) is 29.1 Å². The number of aromatic nitrogens is 1. The molecule has 5 heteroatoms. The Kier molecular flexibility index (Phi) is 4.73. The number of nitrogens with one attached hydrogen (secondary N) is 1. The van der Waals surface area contributed by atoms with Crippen LogP contribution < -0.4 is 10.2 Å². The first-order valence-electron chi connectivity index (χ1n) is 7.50. The van der Waals surface area contributed by atoms with Crippen LogP contribution in [0.5, 0.6) is 0 Å². The molecule has 0 atom stereocenters. The average Bonchev–Trinajstić information content (AvgIpc) is 2.58. The van der Waals surface area contributed by atoms with Crippen LogP contribution in [0.2, 0.25) is 0 Å². The van der Waals surface area contributed by atoms with E-state index in [4.69, 9.17) is 0 Å². The van der Waals surface area contributed by atoms with Gasteiger partial charge in [0.15, 0.2) is 0 Å². The summed E-state index contributed by atoms with van der Waals surface area (Å²) in [5.74, 6) is 0.819. The van der Waals surface area contributed by atoms with Crippen LogP contribution in [0.4, 0.5) is 11.5 Å². The quantitative estimate of drug-likeness (QED) is 0.897. The first kappa shape index (κ1) is 15.0. The molecule has 1 aliphatic heterocycles. The van der Waals surface area contributed by atoms with E-state index in [0.29, 0.717) is 5.56 Å². The van der Waals surface area contributed by atoms with Crippen molar-refractivity contribution in [3.63, 3.8) is 0 Å². The van der Waals surface area contributed by atoms with Crippen LogP contribution >= 0.6 is 15.9 Å². The Morgan fingerprint density at radius 2 is 1.77 bits per heavy atom. The first-order valence-corrected chi connectivity index (χ1v) is 8.29. The highest BCUT2D eigenvalue weighted by atomic mass is 79.9. The number of carbonyl (C=O) groups excluding carboxylic acids is 1. The van der Waals surface area contributed by atoms with E-state index in [2.05, 4.69) is 31.1 Å². The molecule has 3 rings (SSSR count). The van der Waals surface area contributed by atoms with Crippen LogP contribution in [0, 0.1) is 0 Å². The summed E-state index contributed by atoms with van der Waals surface area (Å²) < 4.78 is 0.984. The molecule has 2 heterocycles. The molecule has 0 bridgehead atoms. The molecule has 0 aliphatic carbocycles. The lowest BCUT2D eigenvalue weighted by Gasteiger charge is -2.27. The number of carbonyl (C=O) groups is 1. The van der Waals surface area contributed by atoms with Gasteiger partial charge in [0, 0.05) is 29.4 Å². The zero-order valence-electron chi connectivity index (χ0n) is 12.3. The molecule has 0 radical (unpaired) electrons. The molecule has 4 nitrogen and oxygen atoms in total. The van der Waals surface area contributed by atoms with Crippen molar-refractivity contribution < 1.29 is 4.79 Å². The minimum Gasteiger partial charge on any atom is -0.357 e. The number of hydrogen-bond acceptors (Lipinski definition) is 3. The zero-order valence-corrected chi connectivity index (χ0v) is 13.8. The van der Waals surface area contributed by atoms with E-state index < -0.39 is 0 Å². The predicted molar refractivity (Wildman–Crippen MR) is 92.4 cm³/mol. The van der Waals surface area contributed by atoms with Crippen molar-refractivity contribution in [3.8, 4) is 0 Å². The highest BCUT2D eigenvalue weighted by Gasteiger charge is 2.13. The monoisotopic (exact) mass is 359 g/mol. The Bertz CT molecular complexity index is 634. The van der Waals surface area contributed by atoms with Gasteiger partial charge >= 0.3 is 0 Å². The van der Waals surface area contributed by atoms with Crippen molar-refractivity contribution >= 4 is 33.3 Å². The van der Waals surface area contributed by atoms with Gasteiger partial charge < -0.3 is 10.2 Å². The SMILES string of the molecule is O=C(Nc1ccc(Br)cc1)c1ccc(N2CCCCC2)nc1. The minimum absolute atomic E-state index is 0.139. The molecular formula is C17H18BrN3O. The van der Waals surface area contributed by atoms with Gasteiger partial charge in [-0.25, -0.2) is 4.98 Å². The molecule has 1 aliphatic rings. The number of rotatable bonds is 3. The molecule has 1 aromatic carbocycles. The molecule has 0 unspecified atom stereocenters. The summed E-state index contributed by atoms with van der Waals surface area (Å²) in [6.45, 7) is 2.11. The van der Waals surface area contributed by atoms with Gasteiger partial charge in [0.1, 0.15) is 5.82 Å². The minimum atomic E-state index is -0.139. The van der Waals surface area contributed by atoms with Gasteiger partial charge in [-0.05, 0) is 55.7 Å². The number of piperidine rings is 1. The smallest absolute Gasteiger partial charge is 0.257 e. The molecule has 1 aromatic heterocycles. The Hall–Kier alpha value is -1.88. The normalized spacial score (nSPS) is 14.7. The zero-order chi connectivity index (χ0) is 15.4. The van der Waals surface area contributed by atoms with E-state index in [1.807, 2.05) is 36.4 Å². The Morgan fingerprint density at radius 3 is 2.41 bits per heavy atom. The summed E-state index contributed by atoms with van der Waals surface area (Å²) in [4.78, 5) is 18.9. The second-order valence-electron chi connectivity index (χ2n) is 5.41. The summed E-state index contributed by atoms with van der Waals surface area (Å²) in [5.41, 5.74) is 1.34. The van der Waals surface area contributed by atoms with Gasteiger partial charge in [0.25, 0.3) is 5.91 Å². The van der Waals surface area contributed by atoms with Gasteiger partial charge in [0.05, 0.1) is 5.56 Å². The van der Waals surface area contributed by atoms with Crippen LogP contribution in [0.3, 0.4) is 0 Å². The Balaban J connectivity index is 1.66. The number of hydrogen-bond donors (Lipinski definition) is 1. The summed E-state index contributed by atoms with van der Waals surface area (Å²) >= 11 is 3.37. The maximum atomic E-state index is 12.2. The number of amides is 1. The fraction of sp³-hybridized carbons (Fsp3) is 0.294. The molecule has 1 fully saturated rings. The second kappa shape index (κ2) is 6.92. The summed E-state index contributed by atoms with van der Waals surface area (Å²) in [7, 11) is 0. The number of pyridine rings is 1. The highest BCUT2D eigenvalue weighted by Crippen LogP contribution is 2.18. The van der Waals surface area contributed by atoms with E-state index in [-0.39, 0.29) is 5.91 Å². The van der Waals surface area contributed by atoms with Crippen molar-refractivity contribution in [3.05, 3.63) is 52.6 Å². The Labute approximate surface area is 138 Å². The van der Waals surface area contributed by atoms with Gasteiger partial charge in [-0.15, -0.1) is 0 Å². The molecule has 1 amide bonds. The third-order valence-electron chi connectivity index (χ3n) is 3.79. The number of nitrogens with zero attached hydrogens (tertiary/aromatic N) is 2. The summed E-state index contributed by atoms with van der Waals surface area (Å²) in [6, 6.07) is 11.3. The summed E-state index contributed by atoms with van der Waals surface area (Å²) in [6.07, 6.45) is 5.38. The van der Waals surface area contributed by atoms with Crippen LogP contribution in [-0.2, 0) is 0 Å². The largest absolute Gasteiger partial charge is 0.357 e. The molecule has 114 valence electrons. The molecule has 22 heavy (non-hydrogen) atoms. The van der Waals surface area contributed by atoms with Crippen LogP contribution in [-0.4, -0.2) is 24.0 Å². The first-order chi connectivity index (χ1) is 10.7. The number of halogens is 1. The lowest BCUT2D eigenvalue weighted by atomic mass is 10.1. The van der Waals surface area contributed by atoms with E-state index in [9.17, 15) is 4.79 Å². The molecule has 1 saturated heterocycles. The molecule has 2 aromatic rings. The molecular weight excluding hydrogens is 342 g/mol. The summed E-state index contributed by atoms with van der Waals surface area (Å²) in [5, 5.41) is 2.87. The maximum Gasteiger partial charge on any atom is 0.257 e. The Morgan fingerprint density at radius 1 is 1.05 bits per heavy atom. The van der Waals surface area contributed by atoms with Gasteiger partial charge in [0.2, 0.25) is 0 Å². The van der Waals surface area contributed by atoms with Gasteiger partial charge in [-0.3, -0.25) is 4.79 Å². The fourth-order valence-electron chi connectivity index (χ4n) is 2.57. The fourth-order valence-corrected chi connectivity index (χ4v) is 2.83. The predicted octanol–water partition coefficient (Wildman–Crippen LogP) is 4.09. The molecule has 0 spiro atoms. The lowest BCUT2D eigenvalue weighted by Crippen LogP contribution is -2.30. The second-order valence-corrected chi connectivity index (χ2v) is 6.33. The topological polar surface area (TPSA) is 45.2 Å². The van der Waals surface area contributed by atoms with Crippen molar-refractivity contribution in [2.75, 3.05) is 23.3 Å². The lowest BCUT2D eigenvalue weighted by molar-refractivity contribution is 0.102. The van der Waals surface area contributed by atoms with Crippen molar-refractivity contribution in [1.82, 2.24) is 4.98 Å². The van der Waals surface area contributed by atoms with E-state index in [1.54, 1.807) is 6.20 Å². The van der Waals surface area contributed by atoms with Crippen molar-refractivity contribution in [2.45, 2.75) is 19.3 Å². The maximum absolute atomic E-state index is 12.2. The number of benzene rings is 1. The van der Waals surface area contributed by atoms with Gasteiger partial charge in [-0.1, -0.05) is 15.9 Å². The third kappa shape index (κ3) is 3.65. The van der Waals surface area contributed by atoms with Crippen LogP contribution in [0.1, 0.15) is 29.6 Å². The van der Waals surface area contributed by atoms with Crippen molar-refractivity contribution in [2.24, 2.45) is 0 Å². The highest BCUT2D eigenvalue weighted by molar-refractivity contribution is 9.10.